The molecule has 2 aromatic rings. The molecule has 0 saturated carbocycles. The molecule has 0 fully saturated rings. The lowest BCUT2D eigenvalue weighted by molar-refractivity contribution is -0.136. The average Bonchev–Trinajstić information content (AvgIpc) is 2.98. The fraction of sp³-hybridized carbons (Fsp3) is 0.360. The van der Waals surface area contributed by atoms with Gasteiger partial charge in [-0.2, -0.15) is 0 Å². The number of halogens is 1. The van der Waals surface area contributed by atoms with Crippen molar-refractivity contribution in [1.82, 2.24) is 4.90 Å². The molecular formula is C25H28ClNO3S. The van der Waals surface area contributed by atoms with Crippen molar-refractivity contribution >= 4 is 40.8 Å². The Hall–Kier alpha value is -2.24. The molecule has 0 unspecified atom stereocenters. The number of carbonyl (C=O) groups is 2. The largest absolute Gasteiger partial charge is 0.493 e. The fourth-order valence-corrected chi connectivity index (χ4v) is 4.37. The molecule has 31 heavy (non-hydrogen) atoms. The molecule has 0 aromatic heterocycles. The summed E-state index contributed by atoms with van der Waals surface area (Å²) in [5.74, 6) is 0.724. The summed E-state index contributed by atoms with van der Waals surface area (Å²) in [6, 6.07) is 14.7. The number of hydrogen-bond acceptors (Lipinski definition) is 4. The number of hydrogen-bond donors (Lipinski definition) is 0. The van der Waals surface area contributed by atoms with Crippen molar-refractivity contribution in [1.29, 1.82) is 0 Å². The highest BCUT2D eigenvalue weighted by Gasteiger charge is 2.39. The van der Waals surface area contributed by atoms with Crippen LogP contribution in [0.5, 0.6) is 5.75 Å². The molecule has 0 aliphatic carbocycles. The number of imide groups is 1. The van der Waals surface area contributed by atoms with E-state index in [1.165, 1.54) is 16.7 Å². The minimum Gasteiger partial charge on any atom is -0.493 e. The maximum atomic E-state index is 13.2. The van der Waals surface area contributed by atoms with Crippen LogP contribution in [0, 0.1) is 5.92 Å². The lowest BCUT2D eigenvalue weighted by Crippen LogP contribution is -2.32. The van der Waals surface area contributed by atoms with Crippen LogP contribution >= 0.6 is 23.4 Å². The molecule has 1 heterocycles. The summed E-state index contributed by atoms with van der Waals surface area (Å²) < 4.78 is 5.76. The predicted octanol–water partition coefficient (Wildman–Crippen LogP) is 6.44. The Morgan fingerprint density at radius 2 is 1.65 bits per heavy atom. The van der Waals surface area contributed by atoms with Gasteiger partial charge in [0, 0.05) is 16.5 Å². The Balaban J connectivity index is 1.91. The molecule has 2 aromatic carbocycles. The summed E-state index contributed by atoms with van der Waals surface area (Å²) in [4.78, 5) is 29.1. The van der Waals surface area contributed by atoms with Crippen molar-refractivity contribution in [2.24, 2.45) is 5.92 Å². The topological polar surface area (TPSA) is 46.6 Å². The number of thioether (sulfide) groups is 1. The minimum atomic E-state index is -0.228. The van der Waals surface area contributed by atoms with Crippen molar-refractivity contribution in [3.63, 3.8) is 0 Å². The smallest absolute Gasteiger partial charge is 0.268 e. The number of nitrogens with zero attached hydrogens (tertiary/aromatic N) is 1. The molecule has 0 radical (unpaired) electrons. The molecule has 1 aliphatic rings. The first-order chi connectivity index (χ1) is 14.9. The molecular weight excluding hydrogens is 430 g/mol. The monoisotopic (exact) mass is 457 g/mol. The third-order valence-electron chi connectivity index (χ3n) is 4.87. The Morgan fingerprint density at radius 3 is 2.26 bits per heavy atom. The lowest BCUT2D eigenvalue weighted by Gasteiger charge is -2.14. The molecule has 0 N–H and O–H groups in total. The molecule has 2 amide bonds. The number of unbranched alkanes of at least 4 members (excludes halogenated alkanes) is 2. The van der Waals surface area contributed by atoms with Gasteiger partial charge in [0.25, 0.3) is 11.8 Å². The van der Waals surface area contributed by atoms with Gasteiger partial charge in [-0.3, -0.25) is 14.5 Å². The number of amides is 2. The standard InChI is InChI=1S/C25H28ClNO3S/c1-4-5-6-15-27-24(28)22(18-7-11-20(12-8-18)30-16-17(2)3)23(25(27)29)31-21-13-9-19(26)10-14-21/h7-14,17H,4-6,15-16H2,1-3H3. The maximum Gasteiger partial charge on any atom is 0.268 e. The van der Waals surface area contributed by atoms with E-state index in [1.54, 1.807) is 12.1 Å². The lowest BCUT2D eigenvalue weighted by atomic mass is 10.1. The van der Waals surface area contributed by atoms with Crippen LogP contribution in [0.3, 0.4) is 0 Å². The summed E-state index contributed by atoms with van der Waals surface area (Å²) in [7, 11) is 0. The Morgan fingerprint density at radius 1 is 0.968 bits per heavy atom. The van der Waals surface area contributed by atoms with E-state index in [0.717, 1.165) is 35.5 Å². The first-order valence-corrected chi connectivity index (χ1v) is 11.9. The molecule has 1 aliphatic heterocycles. The van der Waals surface area contributed by atoms with Gasteiger partial charge in [0.2, 0.25) is 0 Å². The zero-order chi connectivity index (χ0) is 22.4. The zero-order valence-electron chi connectivity index (χ0n) is 18.2. The molecule has 3 rings (SSSR count). The van der Waals surface area contributed by atoms with Crippen LogP contribution in [-0.2, 0) is 9.59 Å². The summed E-state index contributed by atoms with van der Waals surface area (Å²) in [6.45, 7) is 7.35. The highest BCUT2D eigenvalue weighted by atomic mass is 35.5. The third-order valence-corrected chi connectivity index (χ3v) is 6.21. The Kier molecular flexibility index (Phi) is 8.22. The van der Waals surface area contributed by atoms with Crippen molar-refractivity contribution in [2.75, 3.05) is 13.2 Å². The van der Waals surface area contributed by atoms with Crippen LogP contribution in [-0.4, -0.2) is 29.9 Å². The second-order valence-corrected chi connectivity index (χ2v) is 9.48. The third kappa shape index (κ3) is 5.92. The van der Waals surface area contributed by atoms with Gasteiger partial charge in [-0.15, -0.1) is 0 Å². The highest BCUT2D eigenvalue weighted by Crippen LogP contribution is 2.40. The van der Waals surface area contributed by atoms with Gasteiger partial charge in [0.1, 0.15) is 5.75 Å². The number of carbonyl (C=O) groups excluding carboxylic acids is 2. The van der Waals surface area contributed by atoms with E-state index in [-0.39, 0.29) is 11.8 Å². The van der Waals surface area contributed by atoms with Crippen molar-refractivity contribution < 1.29 is 14.3 Å². The van der Waals surface area contributed by atoms with E-state index in [4.69, 9.17) is 16.3 Å². The van der Waals surface area contributed by atoms with E-state index in [1.807, 2.05) is 36.4 Å². The second-order valence-electron chi connectivity index (χ2n) is 7.96. The number of ether oxygens (including phenoxy) is 1. The average molecular weight is 458 g/mol. The van der Waals surface area contributed by atoms with Crippen molar-refractivity contribution in [3.8, 4) is 5.75 Å². The van der Waals surface area contributed by atoms with Gasteiger partial charge in [0.15, 0.2) is 0 Å². The minimum absolute atomic E-state index is 0.226. The predicted molar refractivity (Wildman–Crippen MR) is 127 cm³/mol. The quantitative estimate of drug-likeness (QED) is 0.304. The molecule has 0 spiro atoms. The van der Waals surface area contributed by atoms with Gasteiger partial charge in [-0.1, -0.05) is 69.1 Å². The van der Waals surface area contributed by atoms with E-state index in [2.05, 4.69) is 20.8 Å². The fourth-order valence-electron chi connectivity index (χ4n) is 3.23. The number of benzene rings is 2. The first-order valence-electron chi connectivity index (χ1n) is 10.7. The Bertz CT molecular complexity index is 952. The highest BCUT2D eigenvalue weighted by molar-refractivity contribution is 8.04. The molecule has 4 nitrogen and oxygen atoms in total. The second kappa shape index (κ2) is 10.9. The number of rotatable bonds is 10. The molecule has 0 saturated heterocycles. The van der Waals surface area contributed by atoms with Crippen LogP contribution in [0.15, 0.2) is 58.3 Å². The van der Waals surface area contributed by atoms with E-state index < -0.39 is 0 Å². The summed E-state index contributed by atoms with van der Waals surface area (Å²) in [5, 5.41) is 0.630. The van der Waals surface area contributed by atoms with Crippen LogP contribution in [0.1, 0.15) is 45.6 Å². The zero-order valence-corrected chi connectivity index (χ0v) is 19.8. The Labute approximate surface area is 193 Å². The van der Waals surface area contributed by atoms with E-state index in [9.17, 15) is 9.59 Å². The SMILES string of the molecule is CCCCCN1C(=O)C(Sc2ccc(Cl)cc2)=C(c2ccc(OCC(C)C)cc2)C1=O. The summed E-state index contributed by atoms with van der Waals surface area (Å²) in [6.07, 6.45) is 2.82. The molecule has 0 atom stereocenters. The van der Waals surface area contributed by atoms with Gasteiger partial charge < -0.3 is 4.74 Å². The first kappa shape index (κ1) is 23.4. The molecule has 164 valence electrons. The van der Waals surface area contributed by atoms with Crippen molar-refractivity contribution in [3.05, 3.63) is 64.0 Å². The van der Waals surface area contributed by atoms with Gasteiger partial charge in [-0.25, -0.2) is 0 Å². The van der Waals surface area contributed by atoms with E-state index in [0.29, 0.717) is 34.6 Å². The molecule has 0 bridgehead atoms. The van der Waals surface area contributed by atoms with Crippen LogP contribution in [0.25, 0.3) is 5.57 Å². The van der Waals surface area contributed by atoms with Crippen LogP contribution in [0.4, 0.5) is 0 Å². The van der Waals surface area contributed by atoms with E-state index >= 15 is 0 Å². The maximum absolute atomic E-state index is 13.2. The van der Waals surface area contributed by atoms with Gasteiger partial charge in [0.05, 0.1) is 17.1 Å². The van der Waals surface area contributed by atoms with Crippen LogP contribution in [0.2, 0.25) is 5.02 Å². The van der Waals surface area contributed by atoms with Gasteiger partial charge in [-0.05, 0) is 54.3 Å². The summed E-state index contributed by atoms with van der Waals surface area (Å²) in [5.41, 5.74) is 1.18. The van der Waals surface area contributed by atoms with Crippen LogP contribution < -0.4 is 4.74 Å². The van der Waals surface area contributed by atoms with Crippen molar-refractivity contribution in [2.45, 2.75) is 44.9 Å². The van der Waals surface area contributed by atoms with Gasteiger partial charge >= 0.3 is 0 Å². The summed E-state index contributed by atoms with van der Waals surface area (Å²) >= 11 is 7.31. The molecule has 6 heteroatoms. The normalized spacial score (nSPS) is 14.2.